The number of benzene rings is 2. The molecule has 1 fully saturated rings. The van der Waals surface area contributed by atoms with Crippen molar-refractivity contribution in [1.82, 2.24) is 20.2 Å². The number of imidazole rings is 1. The lowest BCUT2D eigenvalue weighted by atomic mass is 9.92. The third-order valence-electron chi connectivity index (χ3n) is 5.52. The third kappa shape index (κ3) is 2.62. The largest absolute Gasteiger partial charge is 0.325 e. The van der Waals surface area contributed by atoms with Crippen LogP contribution in [0.1, 0.15) is 17.5 Å². The Labute approximate surface area is 164 Å². The van der Waals surface area contributed by atoms with Crippen molar-refractivity contribution in [3.8, 4) is 0 Å². The van der Waals surface area contributed by atoms with Crippen LogP contribution in [0.25, 0.3) is 11.0 Å². The Bertz CT molecular complexity index is 1240. The number of nitrogens with zero attached hydrogens (tertiary/aromatic N) is 1. The van der Waals surface area contributed by atoms with Crippen LogP contribution >= 0.6 is 0 Å². The minimum absolute atomic E-state index is 0.343. The van der Waals surface area contributed by atoms with Gasteiger partial charge in [0.1, 0.15) is 12.1 Å². The topological polar surface area (TPSA) is 127 Å². The van der Waals surface area contributed by atoms with Crippen molar-refractivity contribution in [3.05, 3.63) is 64.1 Å². The maximum Gasteiger partial charge on any atom is 0.325 e. The van der Waals surface area contributed by atoms with E-state index in [2.05, 4.69) is 20.6 Å². The number of rotatable bonds is 3. The van der Waals surface area contributed by atoms with E-state index in [1.165, 1.54) is 0 Å². The van der Waals surface area contributed by atoms with Crippen LogP contribution in [0.3, 0.4) is 0 Å². The molecular weight excluding hydrogens is 374 g/mol. The Morgan fingerprint density at radius 2 is 1.86 bits per heavy atom. The molecule has 3 aromatic rings. The number of H-pyrrole nitrogens is 2. The van der Waals surface area contributed by atoms with Crippen LogP contribution in [0.15, 0.2) is 47.3 Å². The van der Waals surface area contributed by atoms with E-state index < -0.39 is 29.9 Å². The number of fused-ring (bicyclic) bond motifs is 3. The molecule has 1 atom stereocenters. The fourth-order valence-electron chi connectivity index (χ4n) is 4.19. The van der Waals surface area contributed by atoms with E-state index in [0.29, 0.717) is 29.6 Å². The second-order valence-electron chi connectivity index (χ2n) is 7.27. The molecule has 0 bridgehead atoms. The number of imide groups is 1. The van der Waals surface area contributed by atoms with Crippen molar-refractivity contribution in [3.63, 3.8) is 0 Å². The average Bonchev–Trinajstić information content (AvgIpc) is 3.32. The maximum absolute atomic E-state index is 13.1. The molecule has 5 rings (SSSR count). The number of hydrogen-bond donors (Lipinski definition) is 4. The predicted molar refractivity (Wildman–Crippen MR) is 104 cm³/mol. The first-order chi connectivity index (χ1) is 14.0. The molecule has 2 aliphatic rings. The SMILES string of the molecule is O=C(CN1C(=O)NC2(CCc3ccccc32)C1=O)Nc1ccc2[nH]c(=O)[nH]c2c1. The normalized spacial score (nSPS) is 20.3. The van der Waals surface area contributed by atoms with Gasteiger partial charge in [0, 0.05) is 5.69 Å². The standard InChI is InChI=1S/C20H17N5O4/c26-16(21-12-5-6-14-15(9-12)23-18(28)22-14)10-25-17(27)20(24-19(25)29)8-7-11-3-1-2-4-13(11)20/h1-6,9H,7-8,10H2,(H,21,26)(H,24,29)(H2,22,23,28). The number of aryl methyl sites for hydroxylation is 1. The van der Waals surface area contributed by atoms with Crippen LogP contribution in [0.5, 0.6) is 0 Å². The van der Waals surface area contributed by atoms with Gasteiger partial charge >= 0.3 is 11.7 Å². The van der Waals surface area contributed by atoms with Gasteiger partial charge in [0.25, 0.3) is 5.91 Å². The van der Waals surface area contributed by atoms with Gasteiger partial charge < -0.3 is 20.6 Å². The molecule has 4 amide bonds. The minimum Gasteiger partial charge on any atom is -0.324 e. The molecule has 146 valence electrons. The van der Waals surface area contributed by atoms with Crippen LogP contribution in [-0.4, -0.2) is 39.3 Å². The minimum atomic E-state index is -1.09. The Hall–Kier alpha value is -3.88. The molecule has 1 aromatic heterocycles. The second-order valence-corrected chi connectivity index (χ2v) is 7.27. The summed E-state index contributed by atoms with van der Waals surface area (Å²) in [5.74, 6) is -0.915. The number of urea groups is 1. The molecule has 4 N–H and O–H groups in total. The second kappa shape index (κ2) is 6.06. The molecule has 2 aromatic carbocycles. The summed E-state index contributed by atoms with van der Waals surface area (Å²) in [6, 6.07) is 11.8. The maximum atomic E-state index is 13.1. The molecule has 1 unspecified atom stereocenters. The number of carbonyl (C=O) groups excluding carboxylic acids is 3. The number of nitrogens with one attached hydrogen (secondary N) is 4. The van der Waals surface area contributed by atoms with Gasteiger partial charge in [-0.25, -0.2) is 9.59 Å². The molecule has 1 aliphatic heterocycles. The number of amides is 4. The van der Waals surface area contributed by atoms with Crippen LogP contribution in [0.2, 0.25) is 0 Å². The quantitative estimate of drug-likeness (QED) is 0.500. The first-order valence-electron chi connectivity index (χ1n) is 9.21. The van der Waals surface area contributed by atoms with E-state index in [-0.39, 0.29) is 5.69 Å². The van der Waals surface area contributed by atoms with Crippen molar-refractivity contribution in [2.75, 3.05) is 11.9 Å². The highest BCUT2D eigenvalue weighted by molar-refractivity contribution is 6.11. The number of anilines is 1. The zero-order valence-electron chi connectivity index (χ0n) is 15.2. The van der Waals surface area contributed by atoms with Crippen molar-refractivity contribution >= 4 is 34.6 Å². The van der Waals surface area contributed by atoms with E-state index in [4.69, 9.17) is 0 Å². The molecule has 0 radical (unpaired) electrons. The lowest BCUT2D eigenvalue weighted by molar-refractivity contribution is -0.134. The Balaban J connectivity index is 1.35. The van der Waals surface area contributed by atoms with Crippen molar-refractivity contribution < 1.29 is 14.4 Å². The lowest BCUT2D eigenvalue weighted by Crippen LogP contribution is -2.42. The average molecular weight is 391 g/mol. The summed E-state index contributed by atoms with van der Waals surface area (Å²) < 4.78 is 0. The van der Waals surface area contributed by atoms with Gasteiger partial charge in [-0.3, -0.25) is 14.5 Å². The summed E-state index contributed by atoms with van der Waals surface area (Å²) in [6.07, 6.45) is 1.17. The third-order valence-corrected chi connectivity index (χ3v) is 5.52. The monoisotopic (exact) mass is 391 g/mol. The summed E-state index contributed by atoms with van der Waals surface area (Å²) in [4.78, 5) is 55.6. The Kier molecular flexibility index (Phi) is 3.60. The van der Waals surface area contributed by atoms with Gasteiger partial charge in [-0.1, -0.05) is 24.3 Å². The van der Waals surface area contributed by atoms with Gasteiger partial charge in [-0.15, -0.1) is 0 Å². The first kappa shape index (κ1) is 17.2. The van der Waals surface area contributed by atoms with Crippen LogP contribution in [0, 0.1) is 0 Å². The van der Waals surface area contributed by atoms with E-state index in [1.54, 1.807) is 18.2 Å². The van der Waals surface area contributed by atoms with Crippen LogP contribution in [0.4, 0.5) is 10.5 Å². The van der Waals surface area contributed by atoms with Gasteiger partial charge in [-0.05, 0) is 42.2 Å². The molecule has 1 aliphatic carbocycles. The number of aromatic amines is 2. The zero-order chi connectivity index (χ0) is 20.2. The molecular formula is C20H17N5O4. The summed E-state index contributed by atoms with van der Waals surface area (Å²) in [6.45, 7) is -0.393. The molecule has 9 heteroatoms. The molecule has 1 spiro atoms. The number of aromatic nitrogens is 2. The van der Waals surface area contributed by atoms with E-state index in [9.17, 15) is 19.2 Å². The predicted octanol–water partition coefficient (Wildman–Crippen LogP) is 1.19. The molecule has 29 heavy (non-hydrogen) atoms. The summed E-state index contributed by atoms with van der Waals surface area (Å²) in [5, 5.41) is 5.46. The number of hydrogen-bond acceptors (Lipinski definition) is 4. The summed E-state index contributed by atoms with van der Waals surface area (Å²) >= 11 is 0. The molecule has 9 nitrogen and oxygen atoms in total. The fourth-order valence-corrected chi connectivity index (χ4v) is 4.19. The van der Waals surface area contributed by atoms with Crippen LogP contribution < -0.4 is 16.3 Å². The molecule has 2 heterocycles. The summed E-state index contributed by atoms with van der Waals surface area (Å²) in [7, 11) is 0. The highest BCUT2D eigenvalue weighted by atomic mass is 16.2. The fraction of sp³-hybridized carbons (Fsp3) is 0.200. The van der Waals surface area contributed by atoms with Gasteiger partial charge in [0.05, 0.1) is 11.0 Å². The smallest absolute Gasteiger partial charge is 0.324 e. The van der Waals surface area contributed by atoms with Gasteiger partial charge in [0.15, 0.2) is 0 Å². The van der Waals surface area contributed by atoms with E-state index in [0.717, 1.165) is 16.0 Å². The lowest BCUT2D eigenvalue weighted by Gasteiger charge is -2.22. The van der Waals surface area contributed by atoms with E-state index >= 15 is 0 Å². The van der Waals surface area contributed by atoms with Crippen molar-refractivity contribution in [2.24, 2.45) is 0 Å². The summed E-state index contributed by atoms with van der Waals surface area (Å²) in [5.41, 5.74) is 2.01. The van der Waals surface area contributed by atoms with Gasteiger partial charge in [-0.2, -0.15) is 0 Å². The highest BCUT2D eigenvalue weighted by Gasteiger charge is 2.55. The van der Waals surface area contributed by atoms with Gasteiger partial charge in [0.2, 0.25) is 5.91 Å². The molecule has 0 saturated carbocycles. The van der Waals surface area contributed by atoms with E-state index in [1.807, 2.05) is 24.3 Å². The highest BCUT2D eigenvalue weighted by Crippen LogP contribution is 2.41. The zero-order valence-corrected chi connectivity index (χ0v) is 15.2. The Morgan fingerprint density at radius 1 is 1.07 bits per heavy atom. The Morgan fingerprint density at radius 3 is 2.72 bits per heavy atom. The van der Waals surface area contributed by atoms with Crippen LogP contribution in [-0.2, 0) is 21.5 Å². The van der Waals surface area contributed by atoms with Crippen molar-refractivity contribution in [1.29, 1.82) is 0 Å². The number of carbonyl (C=O) groups is 3. The van der Waals surface area contributed by atoms with Crippen molar-refractivity contribution in [2.45, 2.75) is 18.4 Å². The first-order valence-corrected chi connectivity index (χ1v) is 9.21. The molecule has 1 saturated heterocycles.